The molecule has 1 aliphatic heterocycles. The van der Waals surface area contributed by atoms with Crippen LogP contribution < -0.4 is 9.47 Å². The van der Waals surface area contributed by atoms with Gasteiger partial charge in [0.2, 0.25) is 0 Å². The van der Waals surface area contributed by atoms with Crippen LogP contribution in [0.1, 0.15) is 44.0 Å². The van der Waals surface area contributed by atoms with Crippen molar-refractivity contribution >= 4 is 0 Å². The molecule has 2 heterocycles. The summed E-state index contributed by atoms with van der Waals surface area (Å²) < 4.78 is 34.0. The molecular formula is C29H38FN3O3. The van der Waals surface area contributed by atoms with Crippen molar-refractivity contribution in [1.82, 2.24) is 14.5 Å². The lowest BCUT2D eigenvalue weighted by atomic mass is 9.95. The molecule has 1 fully saturated rings. The molecule has 4 rings (SSSR count). The van der Waals surface area contributed by atoms with Gasteiger partial charge in [-0.25, -0.2) is 9.37 Å². The van der Waals surface area contributed by atoms with Gasteiger partial charge in [-0.05, 0) is 62.1 Å². The molecule has 0 spiro atoms. The fourth-order valence-electron chi connectivity index (χ4n) is 4.83. The SMILES string of the molecule is CCc1nccn1CCCOc1cccc(CN2CCCC(COc3ccccc3F)(OC)CC2)c1. The first-order valence-corrected chi connectivity index (χ1v) is 13.0. The third-order valence-corrected chi connectivity index (χ3v) is 6.99. The Kier molecular flexibility index (Phi) is 9.36. The van der Waals surface area contributed by atoms with Crippen molar-refractivity contribution in [2.75, 3.05) is 33.4 Å². The Balaban J connectivity index is 1.26. The Labute approximate surface area is 214 Å². The number of halogens is 1. The van der Waals surface area contributed by atoms with E-state index in [4.69, 9.17) is 14.2 Å². The molecule has 6 nitrogen and oxygen atoms in total. The van der Waals surface area contributed by atoms with E-state index in [9.17, 15) is 4.39 Å². The predicted molar refractivity (Wildman–Crippen MR) is 139 cm³/mol. The average Bonchev–Trinajstić information content (AvgIpc) is 3.26. The molecule has 1 atom stereocenters. The monoisotopic (exact) mass is 495 g/mol. The van der Waals surface area contributed by atoms with Gasteiger partial charge in [-0.3, -0.25) is 4.90 Å². The van der Waals surface area contributed by atoms with E-state index in [1.165, 1.54) is 11.6 Å². The number of methoxy groups -OCH3 is 1. The molecule has 0 radical (unpaired) electrons. The maximum Gasteiger partial charge on any atom is 0.165 e. The number of hydrogen-bond donors (Lipinski definition) is 0. The topological polar surface area (TPSA) is 48.8 Å². The predicted octanol–water partition coefficient (Wildman–Crippen LogP) is 5.50. The van der Waals surface area contributed by atoms with Crippen LogP contribution in [0.25, 0.3) is 0 Å². The number of rotatable bonds is 12. The normalized spacial score (nSPS) is 18.6. The maximum absolute atomic E-state index is 14.0. The van der Waals surface area contributed by atoms with E-state index >= 15 is 0 Å². The van der Waals surface area contributed by atoms with E-state index in [0.717, 1.165) is 69.9 Å². The van der Waals surface area contributed by atoms with E-state index in [1.54, 1.807) is 25.3 Å². The summed E-state index contributed by atoms with van der Waals surface area (Å²) in [5.41, 5.74) is 0.831. The highest BCUT2D eigenvalue weighted by Crippen LogP contribution is 2.29. The third-order valence-electron chi connectivity index (χ3n) is 6.99. The largest absolute Gasteiger partial charge is 0.494 e. The van der Waals surface area contributed by atoms with Gasteiger partial charge in [0.25, 0.3) is 0 Å². The molecule has 0 saturated carbocycles. The second-order valence-corrected chi connectivity index (χ2v) is 9.48. The van der Waals surface area contributed by atoms with Gasteiger partial charge >= 0.3 is 0 Å². The molecule has 0 bridgehead atoms. The molecule has 36 heavy (non-hydrogen) atoms. The van der Waals surface area contributed by atoms with Gasteiger partial charge in [0.1, 0.15) is 23.8 Å². The van der Waals surface area contributed by atoms with Crippen LogP contribution in [0.2, 0.25) is 0 Å². The van der Waals surface area contributed by atoms with E-state index < -0.39 is 5.60 Å². The van der Waals surface area contributed by atoms with Crippen LogP contribution in [0.5, 0.6) is 11.5 Å². The highest BCUT2D eigenvalue weighted by molar-refractivity contribution is 5.28. The van der Waals surface area contributed by atoms with Crippen LogP contribution in [0.4, 0.5) is 4.39 Å². The summed E-state index contributed by atoms with van der Waals surface area (Å²) in [4.78, 5) is 6.83. The van der Waals surface area contributed by atoms with Crippen molar-refractivity contribution < 1.29 is 18.6 Å². The molecule has 194 valence electrons. The van der Waals surface area contributed by atoms with E-state index in [0.29, 0.717) is 13.2 Å². The molecule has 2 aromatic carbocycles. The van der Waals surface area contributed by atoms with Crippen LogP contribution in [0, 0.1) is 5.82 Å². The fraction of sp³-hybridized carbons (Fsp3) is 0.483. The summed E-state index contributed by atoms with van der Waals surface area (Å²) in [6.45, 7) is 6.80. The molecule has 0 N–H and O–H groups in total. The molecule has 7 heteroatoms. The Morgan fingerprint density at radius 3 is 2.78 bits per heavy atom. The Morgan fingerprint density at radius 1 is 1.06 bits per heavy atom. The number of ether oxygens (including phenoxy) is 3. The van der Waals surface area contributed by atoms with Crippen LogP contribution in [-0.4, -0.2) is 53.5 Å². The van der Waals surface area contributed by atoms with Gasteiger partial charge in [-0.1, -0.05) is 31.2 Å². The van der Waals surface area contributed by atoms with Crippen molar-refractivity contribution in [2.45, 2.75) is 57.7 Å². The van der Waals surface area contributed by atoms with Gasteiger partial charge in [0.15, 0.2) is 11.6 Å². The lowest BCUT2D eigenvalue weighted by Gasteiger charge is -2.31. The highest BCUT2D eigenvalue weighted by Gasteiger charge is 2.34. The number of aromatic nitrogens is 2. The van der Waals surface area contributed by atoms with E-state index in [1.807, 2.05) is 18.5 Å². The molecule has 1 aliphatic rings. The standard InChI is InChI=1S/C29H38FN3O3/c1-3-28-31-15-19-33(28)17-8-20-35-25-10-6-9-24(21-25)22-32-16-7-13-29(34-2,14-18-32)23-36-27-12-5-4-11-26(27)30/h4-6,9-12,15,19,21H,3,7-8,13-14,16-18,20,22-23H2,1-2H3. The molecule has 1 saturated heterocycles. The van der Waals surface area contributed by atoms with Crippen molar-refractivity contribution in [3.8, 4) is 11.5 Å². The molecule has 1 aromatic heterocycles. The smallest absolute Gasteiger partial charge is 0.165 e. The number of imidazole rings is 1. The summed E-state index contributed by atoms with van der Waals surface area (Å²) in [5, 5.41) is 0. The number of likely N-dealkylation sites (tertiary alicyclic amines) is 1. The number of aryl methyl sites for hydroxylation is 2. The van der Waals surface area contributed by atoms with Crippen LogP contribution >= 0.6 is 0 Å². The van der Waals surface area contributed by atoms with E-state index in [2.05, 4.69) is 39.6 Å². The minimum atomic E-state index is -0.408. The summed E-state index contributed by atoms with van der Waals surface area (Å²) in [7, 11) is 1.73. The Morgan fingerprint density at radius 2 is 1.94 bits per heavy atom. The zero-order valence-corrected chi connectivity index (χ0v) is 21.5. The van der Waals surface area contributed by atoms with Crippen molar-refractivity contribution in [2.24, 2.45) is 0 Å². The zero-order chi connectivity index (χ0) is 25.2. The lowest BCUT2D eigenvalue weighted by Crippen LogP contribution is -2.39. The first kappa shape index (κ1) is 26.2. The third kappa shape index (κ3) is 7.08. The molecular weight excluding hydrogens is 457 g/mol. The fourth-order valence-corrected chi connectivity index (χ4v) is 4.83. The minimum absolute atomic E-state index is 0.280. The number of hydrogen-bond acceptors (Lipinski definition) is 5. The lowest BCUT2D eigenvalue weighted by molar-refractivity contribution is -0.0548. The molecule has 1 unspecified atom stereocenters. The van der Waals surface area contributed by atoms with Crippen molar-refractivity contribution in [1.29, 1.82) is 0 Å². The Hall–Kier alpha value is -2.90. The number of para-hydroxylation sites is 1. The average molecular weight is 496 g/mol. The van der Waals surface area contributed by atoms with Crippen LogP contribution in [0.15, 0.2) is 60.9 Å². The van der Waals surface area contributed by atoms with Gasteiger partial charge in [0, 0.05) is 45.6 Å². The van der Waals surface area contributed by atoms with Gasteiger partial charge in [0.05, 0.1) is 6.61 Å². The summed E-state index contributed by atoms with van der Waals surface area (Å²) >= 11 is 0. The van der Waals surface area contributed by atoms with Crippen molar-refractivity contribution in [3.05, 3.63) is 78.1 Å². The summed E-state index contributed by atoms with van der Waals surface area (Å²) in [5.74, 6) is 1.97. The maximum atomic E-state index is 14.0. The first-order chi connectivity index (χ1) is 17.6. The van der Waals surface area contributed by atoms with Crippen LogP contribution in [-0.2, 0) is 24.2 Å². The van der Waals surface area contributed by atoms with Gasteiger partial charge in [-0.15, -0.1) is 0 Å². The molecule has 3 aromatic rings. The zero-order valence-electron chi connectivity index (χ0n) is 21.5. The number of benzene rings is 2. The summed E-state index contributed by atoms with van der Waals surface area (Å²) in [6.07, 6.45) is 8.49. The second-order valence-electron chi connectivity index (χ2n) is 9.48. The first-order valence-electron chi connectivity index (χ1n) is 13.0. The minimum Gasteiger partial charge on any atom is -0.494 e. The highest BCUT2D eigenvalue weighted by atomic mass is 19.1. The second kappa shape index (κ2) is 12.9. The molecule has 0 aliphatic carbocycles. The van der Waals surface area contributed by atoms with Crippen LogP contribution in [0.3, 0.4) is 0 Å². The van der Waals surface area contributed by atoms with E-state index in [-0.39, 0.29) is 11.6 Å². The Bertz CT molecular complexity index is 1090. The van der Waals surface area contributed by atoms with Gasteiger partial charge in [-0.2, -0.15) is 0 Å². The number of nitrogens with zero attached hydrogens (tertiary/aromatic N) is 3. The molecule has 0 amide bonds. The van der Waals surface area contributed by atoms with Crippen molar-refractivity contribution in [3.63, 3.8) is 0 Å². The summed E-state index contributed by atoms with van der Waals surface area (Å²) in [6, 6.07) is 14.9. The quantitative estimate of drug-likeness (QED) is 0.311. The van der Waals surface area contributed by atoms with Gasteiger partial charge < -0.3 is 18.8 Å².